The molecule has 2 nitrogen and oxygen atoms in total. The average molecular weight is 186 g/mol. The van der Waals surface area contributed by atoms with Gasteiger partial charge in [0.1, 0.15) is 11.9 Å². The first-order valence-electron chi connectivity index (χ1n) is 4.50. The molecule has 1 saturated heterocycles. The van der Waals surface area contributed by atoms with Gasteiger partial charge in [-0.25, -0.2) is 0 Å². The van der Waals surface area contributed by atoms with Gasteiger partial charge >= 0.3 is 0 Å². The Hall–Kier alpha value is -0.150. The molecule has 0 saturated carbocycles. The number of hydrogen-bond acceptors (Lipinski definition) is 3. The highest BCUT2D eigenvalue weighted by Crippen LogP contribution is 2.32. The Kier molecular flexibility index (Phi) is 2.61. The van der Waals surface area contributed by atoms with Gasteiger partial charge in [0, 0.05) is 11.7 Å². The van der Waals surface area contributed by atoms with Crippen LogP contribution in [0.1, 0.15) is 19.3 Å². The molecule has 0 amide bonds. The second kappa shape index (κ2) is 3.71. The minimum absolute atomic E-state index is 0.347. The highest BCUT2D eigenvalue weighted by molar-refractivity contribution is 8.00. The molecule has 2 aliphatic rings. The van der Waals surface area contributed by atoms with Crippen LogP contribution in [-0.2, 0) is 4.74 Å². The van der Waals surface area contributed by atoms with E-state index in [9.17, 15) is 5.11 Å². The third-order valence-corrected chi connectivity index (χ3v) is 3.79. The van der Waals surface area contributed by atoms with Crippen molar-refractivity contribution in [3.05, 3.63) is 11.8 Å². The van der Waals surface area contributed by atoms with Crippen LogP contribution < -0.4 is 0 Å². The monoisotopic (exact) mass is 186 g/mol. The molecule has 0 aliphatic carbocycles. The van der Waals surface area contributed by atoms with Crippen LogP contribution in [0.5, 0.6) is 0 Å². The number of hydrogen-bond donors (Lipinski definition) is 1. The molecular weight excluding hydrogens is 172 g/mol. The molecule has 0 radical (unpaired) electrons. The summed E-state index contributed by atoms with van der Waals surface area (Å²) in [6.45, 7) is 0.754. The Morgan fingerprint density at radius 3 is 3.17 bits per heavy atom. The van der Waals surface area contributed by atoms with Gasteiger partial charge in [0.05, 0.1) is 6.61 Å². The summed E-state index contributed by atoms with van der Waals surface area (Å²) in [4.78, 5) is 0. The van der Waals surface area contributed by atoms with Crippen LogP contribution in [0.25, 0.3) is 0 Å². The lowest BCUT2D eigenvalue weighted by Gasteiger charge is -2.17. The molecule has 2 heterocycles. The fourth-order valence-corrected chi connectivity index (χ4v) is 2.96. The Bertz CT molecular complexity index is 185. The lowest BCUT2D eigenvalue weighted by atomic mass is 10.1. The highest BCUT2D eigenvalue weighted by Gasteiger charge is 2.28. The van der Waals surface area contributed by atoms with Crippen LogP contribution in [0, 0.1) is 0 Å². The predicted octanol–water partition coefficient (Wildman–Crippen LogP) is 1.55. The third-order valence-electron chi connectivity index (χ3n) is 2.34. The van der Waals surface area contributed by atoms with E-state index < -0.39 is 0 Å². The number of ether oxygens (including phenoxy) is 1. The van der Waals surface area contributed by atoms with E-state index in [0.717, 1.165) is 25.2 Å². The summed E-state index contributed by atoms with van der Waals surface area (Å²) in [6.07, 6.45) is 5.00. The Balaban J connectivity index is 1.93. The molecule has 0 aromatic rings. The van der Waals surface area contributed by atoms with Crippen molar-refractivity contribution in [2.75, 3.05) is 12.4 Å². The highest BCUT2D eigenvalue weighted by atomic mass is 32.2. The van der Waals surface area contributed by atoms with Crippen molar-refractivity contribution >= 4 is 11.8 Å². The fraction of sp³-hybridized carbons (Fsp3) is 0.778. The predicted molar refractivity (Wildman–Crippen MR) is 50.1 cm³/mol. The summed E-state index contributed by atoms with van der Waals surface area (Å²) in [5.41, 5.74) is 0. The first-order valence-corrected chi connectivity index (χ1v) is 5.55. The molecule has 0 aromatic carbocycles. The summed E-state index contributed by atoms with van der Waals surface area (Å²) >= 11 is 1.87. The Morgan fingerprint density at radius 2 is 2.58 bits per heavy atom. The summed E-state index contributed by atoms with van der Waals surface area (Å²) < 4.78 is 5.32. The van der Waals surface area contributed by atoms with Crippen molar-refractivity contribution in [1.82, 2.24) is 0 Å². The average Bonchev–Trinajstić information content (AvgIpc) is 2.77. The van der Waals surface area contributed by atoms with Gasteiger partial charge in [0.25, 0.3) is 0 Å². The molecule has 0 spiro atoms. The SMILES string of the molecule is OC(C1=CCCO1)C1CCCS1. The zero-order chi connectivity index (χ0) is 8.39. The minimum atomic E-state index is -0.347. The number of rotatable bonds is 2. The van der Waals surface area contributed by atoms with E-state index in [-0.39, 0.29) is 6.10 Å². The Labute approximate surface area is 77.0 Å². The number of thioether (sulfide) groups is 1. The van der Waals surface area contributed by atoms with E-state index in [2.05, 4.69) is 0 Å². The van der Waals surface area contributed by atoms with Crippen molar-refractivity contribution < 1.29 is 9.84 Å². The largest absolute Gasteiger partial charge is 0.495 e. The molecule has 12 heavy (non-hydrogen) atoms. The van der Waals surface area contributed by atoms with E-state index in [4.69, 9.17) is 4.74 Å². The molecule has 1 fully saturated rings. The lowest BCUT2D eigenvalue weighted by molar-refractivity contribution is 0.115. The topological polar surface area (TPSA) is 29.5 Å². The molecule has 68 valence electrons. The summed E-state index contributed by atoms with van der Waals surface area (Å²) in [5.74, 6) is 2.00. The van der Waals surface area contributed by atoms with Crippen LogP contribution in [-0.4, -0.2) is 28.8 Å². The van der Waals surface area contributed by atoms with Gasteiger partial charge < -0.3 is 9.84 Å². The first-order chi connectivity index (χ1) is 5.88. The van der Waals surface area contributed by atoms with Gasteiger partial charge in [0.15, 0.2) is 0 Å². The number of aliphatic hydroxyl groups excluding tert-OH is 1. The smallest absolute Gasteiger partial charge is 0.122 e. The molecule has 2 aliphatic heterocycles. The van der Waals surface area contributed by atoms with Crippen molar-refractivity contribution in [3.8, 4) is 0 Å². The second-order valence-electron chi connectivity index (χ2n) is 3.24. The van der Waals surface area contributed by atoms with Crippen LogP contribution >= 0.6 is 11.8 Å². The molecule has 2 unspecified atom stereocenters. The molecule has 1 N–H and O–H groups in total. The standard InChI is InChI=1S/C9H14O2S/c10-9(7-3-1-5-11-7)8-4-2-6-12-8/h3,8-10H,1-2,4-6H2. The Morgan fingerprint density at radius 1 is 1.67 bits per heavy atom. The molecule has 2 atom stereocenters. The van der Waals surface area contributed by atoms with Crippen molar-refractivity contribution in [3.63, 3.8) is 0 Å². The molecule has 2 rings (SSSR count). The van der Waals surface area contributed by atoms with Crippen molar-refractivity contribution in [2.24, 2.45) is 0 Å². The summed E-state index contributed by atoms with van der Waals surface area (Å²) in [6, 6.07) is 0. The molecule has 0 aromatic heterocycles. The van der Waals surface area contributed by atoms with Gasteiger partial charge in [-0.15, -0.1) is 0 Å². The zero-order valence-electron chi connectivity index (χ0n) is 7.03. The van der Waals surface area contributed by atoms with E-state index in [1.807, 2.05) is 17.8 Å². The summed E-state index contributed by atoms with van der Waals surface area (Å²) in [7, 11) is 0. The molecule has 0 bridgehead atoms. The maximum Gasteiger partial charge on any atom is 0.122 e. The molecule has 3 heteroatoms. The maximum atomic E-state index is 9.83. The van der Waals surface area contributed by atoms with Crippen LogP contribution in [0.4, 0.5) is 0 Å². The first kappa shape index (κ1) is 8.45. The zero-order valence-corrected chi connectivity index (χ0v) is 7.85. The van der Waals surface area contributed by atoms with E-state index in [0.29, 0.717) is 5.25 Å². The quantitative estimate of drug-likeness (QED) is 0.709. The van der Waals surface area contributed by atoms with Gasteiger partial charge in [-0.2, -0.15) is 11.8 Å². The van der Waals surface area contributed by atoms with Gasteiger partial charge in [0.2, 0.25) is 0 Å². The molecular formula is C9H14O2S. The van der Waals surface area contributed by atoms with E-state index in [1.165, 1.54) is 12.2 Å². The number of aliphatic hydroxyl groups is 1. The maximum absolute atomic E-state index is 9.83. The van der Waals surface area contributed by atoms with Gasteiger partial charge in [-0.3, -0.25) is 0 Å². The van der Waals surface area contributed by atoms with Gasteiger partial charge in [-0.05, 0) is 24.7 Å². The van der Waals surface area contributed by atoms with E-state index in [1.54, 1.807) is 0 Å². The van der Waals surface area contributed by atoms with E-state index >= 15 is 0 Å². The normalized spacial score (nSPS) is 31.4. The van der Waals surface area contributed by atoms with Crippen LogP contribution in [0.15, 0.2) is 11.8 Å². The fourth-order valence-electron chi connectivity index (χ4n) is 1.68. The second-order valence-corrected chi connectivity index (χ2v) is 4.59. The van der Waals surface area contributed by atoms with Crippen molar-refractivity contribution in [1.29, 1.82) is 0 Å². The minimum Gasteiger partial charge on any atom is -0.495 e. The van der Waals surface area contributed by atoms with Crippen LogP contribution in [0.2, 0.25) is 0 Å². The van der Waals surface area contributed by atoms with Gasteiger partial charge in [-0.1, -0.05) is 0 Å². The van der Waals surface area contributed by atoms with Crippen molar-refractivity contribution in [2.45, 2.75) is 30.6 Å². The third kappa shape index (κ3) is 1.62. The lowest BCUT2D eigenvalue weighted by Crippen LogP contribution is -2.23. The summed E-state index contributed by atoms with van der Waals surface area (Å²) in [5, 5.41) is 10.2. The van der Waals surface area contributed by atoms with Crippen LogP contribution in [0.3, 0.4) is 0 Å².